The molecular weight excluding hydrogens is 244 g/mol. The molecule has 19 heavy (non-hydrogen) atoms. The fourth-order valence-electron chi connectivity index (χ4n) is 2.99. The van der Waals surface area contributed by atoms with Gasteiger partial charge < -0.3 is 10.3 Å². The zero-order chi connectivity index (χ0) is 13.2. The van der Waals surface area contributed by atoms with E-state index < -0.39 is 0 Å². The predicted molar refractivity (Wildman–Crippen MR) is 69.6 cm³/mol. The molecule has 2 saturated heterocycles. The average Bonchev–Trinajstić information content (AvgIpc) is 3.03. The number of carbonyl (C=O) groups is 2. The molecule has 0 saturated carbocycles. The monoisotopic (exact) mass is 262 g/mol. The summed E-state index contributed by atoms with van der Waals surface area (Å²) in [6.45, 7) is 4.29. The molecule has 6 nitrogen and oxygen atoms in total. The van der Waals surface area contributed by atoms with E-state index in [4.69, 9.17) is 0 Å². The van der Waals surface area contributed by atoms with Gasteiger partial charge in [-0.25, -0.2) is 0 Å². The van der Waals surface area contributed by atoms with Crippen LogP contribution in [0.25, 0.3) is 0 Å². The van der Waals surface area contributed by atoms with Gasteiger partial charge in [0.25, 0.3) is 5.91 Å². The van der Waals surface area contributed by atoms with Gasteiger partial charge in [0.2, 0.25) is 5.91 Å². The Hall–Kier alpha value is -1.66. The summed E-state index contributed by atoms with van der Waals surface area (Å²) in [7, 11) is 0. The second kappa shape index (κ2) is 5.14. The van der Waals surface area contributed by atoms with E-state index in [0.717, 1.165) is 26.2 Å². The Kier molecular flexibility index (Phi) is 3.35. The summed E-state index contributed by atoms with van der Waals surface area (Å²) in [6, 6.07) is 3.38. The molecule has 2 atom stereocenters. The van der Waals surface area contributed by atoms with Crippen molar-refractivity contribution in [2.45, 2.75) is 0 Å². The van der Waals surface area contributed by atoms with Crippen LogP contribution < -0.4 is 10.6 Å². The Labute approximate surface area is 111 Å². The molecule has 3 heterocycles. The van der Waals surface area contributed by atoms with Crippen LogP contribution in [-0.2, 0) is 4.79 Å². The number of hydrogen-bond donors (Lipinski definition) is 3. The van der Waals surface area contributed by atoms with Gasteiger partial charge in [-0.3, -0.25) is 19.8 Å². The lowest BCUT2D eigenvalue weighted by Gasteiger charge is -2.15. The number of aromatic nitrogens is 1. The maximum absolute atomic E-state index is 11.8. The van der Waals surface area contributed by atoms with Crippen molar-refractivity contribution in [2.75, 3.05) is 32.7 Å². The van der Waals surface area contributed by atoms with Gasteiger partial charge in [0.15, 0.2) is 0 Å². The number of nitrogens with zero attached hydrogens (tertiary/aromatic N) is 1. The van der Waals surface area contributed by atoms with Crippen molar-refractivity contribution in [3.05, 3.63) is 24.0 Å². The normalized spacial score (nSPS) is 26.3. The van der Waals surface area contributed by atoms with Crippen molar-refractivity contribution >= 4 is 11.8 Å². The Bertz CT molecular complexity index is 459. The van der Waals surface area contributed by atoms with Crippen LogP contribution in [0.15, 0.2) is 18.3 Å². The van der Waals surface area contributed by atoms with Gasteiger partial charge in [0.1, 0.15) is 5.69 Å². The van der Waals surface area contributed by atoms with Crippen LogP contribution in [-0.4, -0.2) is 54.4 Å². The zero-order valence-corrected chi connectivity index (χ0v) is 10.7. The molecule has 102 valence electrons. The molecule has 1 aromatic heterocycles. The Balaban J connectivity index is 1.48. The molecule has 0 aromatic carbocycles. The highest BCUT2D eigenvalue weighted by Crippen LogP contribution is 2.25. The van der Waals surface area contributed by atoms with Crippen molar-refractivity contribution in [1.29, 1.82) is 0 Å². The van der Waals surface area contributed by atoms with E-state index in [0.29, 0.717) is 24.1 Å². The highest BCUT2D eigenvalue weighted by molar-refractivity contribution is 6.04. The lowest BCUT2D eigenvalue weighted by atomic mass is 10.0. The number of fused-ring (bicyclic) bond motifs is 1. The number of aromatic amines is 1. The van der Waals surface area contributed by atoms with Gasteiger partial charge in [0, 0.05) is 19.3 Å². The minimum Gasteiger partial charge on any atom is -0.357 e. The van der Waals surface area contributed by atoms with E-state index in [9.17, 15) is 9.59 Å². The van der Waals surface area contributed by atoms with E-state index in [-0.39, 0.29) is 11.8 Å². The van der Waals surface area contributed by atoms with Crippen molar-refractivity contribution in [2.24, 2.45) is 11.8 Å². The van der Waals surface area contributed by atoms with Crippen LogP contribution in [0.3, 0.4) is 0 Å². The minimum atomic E-state index is -0.365. The van der Waals surface area contributed by atoms with Crippen LogP contribution in [0.4, 0.5) is 0 Å². The lowest BCUT2D eigenvalue weighted by Crippen LogP contribution is -2.40. The van der Waals surface area contributed by atoms with Crippen LogP contribution in [0.2, 0.25) is 0 Å². The first-order valence-electron chi connectivity index (χ1n) is 6.63. The molecule has 0 bridgehead atoms. The fraction of sp³-hybridized carbons (Fsp3) is 0.538. The van der Waals surface area contributed by atoms with Gasteiger partial charge in [-0.2, -0.15) is 0 Å². The molecule has 2 unspecified atom stereocenters. The first-order chi connectivity index (χ1) is 9.22. The first-order valence-corrected chi connectivity index (χ1v) is 6.63. The van der Waals surface area contributed by atoms with Crippen molar-refractivity contribution in [3.63, 3.8) is 0 Å². The molecule has 2 aliphatic heterocycles. The molecule has 0 aliphatic carbocycles. The number of nitrogens with one attached hydrogen (secondary N) is 3. The molecule has 2 aliphatic rings. The first kappa shape index (κ1) is 12.4. The summed E-state index contributed by atoms with van der Waals surface area (Å²) in [5.74, 6) is 0.724. The van der Waals surface area contributed by atoms with Crippen LogP contribution in [0.5, 0.6) is 0 Å². The summed E-state index contributed by atoms with van der Waals surface area (Å²) in [5, 5.41) is 5.77. The topological polar surface area (TPSA) is 77.2 Å². The third kappa shape index (κ3) is 2.69. The molecule has 6 heteroatoms. The summed E-state index contributed by atoms with van der Waals surface area (Å²) in [5.41, 5.74) is 0.413. The summed E-state index contributed by atoms with van der Waals surface area (Å²) >= 11 is 0. The van der Waals surface area contributed by atoms with E-state index in [2.05, 4.69) is 20.5 Å². The third-order valence-corrected chi connectivity index (χ3v) is 3.93. The van der Waals surface area contributed by atoms with Crippen LogP contribution >= 0.6 is 0 Å². The number of carbonyl (C=O) groups excluding carboxylic acids is 2. The van der Waals surface area contributed by atoms with Crippen molar-refractivity contribution in [1.82, 2.24) is 20.5 Å². The van der Waals surface area contributed by atoms with E-state index in [1.807, 2.05) is 0 Å². The van der Waals surface area contributed by atoms with Gasteiger partial charge >= 0.3 is 0 Å². The van der Waals surface area contributed by atoms with E-state index >= 15 is 0 Å². The molecule has 2 amide bonds. The van der Waals surface area contributed by atoms with Crippen molar-refractivity contribution < 1.29 is 9.59 Å². The number of amides is 2. The van der Waals surface area contributed by atoms with Gasteiger partial charge in [0.05, 0.1) is 6.54 Å². The standard InChI is InChI=1S/C13H18N4O2/c18-12(16-13(19)11-2-1-3-15-11)8-17-6-9-4-14-5-10(9)7-17/h1-3,9-10,14-15H,4-8H2,(H,16,18,19). The van der Waals surface area contributed by atoms with Gasteiger partial charge in [-0.05, 0) is 37.1 Å². The molecule has 3 N–H and O–H groups in total. The number of rotatable bonds is 3. The highest BCUT2D eigenvalue weighted by Gasteiger charge is 2.36. The molecule has 0 spiro atoms. The summed E-state index contributed by atoms with van der Waals surface area (Å²) < 4.78 is 0. The molecular formula is C13H18N4O2. The Morgan fingerprint density at radius 1 is 1.32 bits per heavy atom. The third-order valence-electron chi connectivity index (χ3n) is 3.93. The maximum atomic E-state index is 11.8. The summed E-state index contributed by atoms with van der Waals surface area (Å²) in [6.07, 6.45) is 1.66. The molecule has 1 aromatic rings. The quantitative estimate of drug-likeness (QED) is 0.681. The molecule has 3 rings (SSSR count). The maximum Gasteiger partial charge on any atom is 0.274 e. The smallest absolute Gasteiger partial charge is 0.274 e. The number of imide groups is 1. The van der Waals surface area contributed by atoms with Crippen LogP contribution in [0.1, 0.15) is 10.5 Å². The second-order valence-corrected chi connectivity index (χ2v) is 5.33. The summed E-state index contributed by atoms with van der Waals surface area (Å²) in [4.78, 5) is 28.4. The Morgan fingerprint density at radius 2 is 2.05 bits per heavy atom. The highest BCUT2D eigenvalue weighted by atomic mass is 16.2. The van der Waals surface area contributed by atoms with Gasteiger partial charge in [-0.1, -0.05) is 0 Å². The Morgan fingerprint density at radius 3 is 2.68 bits per heavy atom. The van der Waals surface area contributed by atoms with Gasteiger partial charge in [-0.15, -0.1) is 0 Å². The molecule has 0 radical (unpaired) electrons. The second-order valence-electron chi connectivity index (χ2n) is 5.33. The largest absolute Gasteiger partial charge is 0.357 e. The predicted octanol–water partition coefficient (Wildman–Crippen LogP) is -0.578. The number of hydrogen-bond acceptors (Lipinski definition) is 4. The number of H-pyrrole nitrogens is 1. The average molecular weight is 262 g/mol. The minimum absolute atomic E-state index is 0.229. The lowest BCUT2D eigenvalue weighted by molar-refractivity contribution is -0.121. The number of likely N-dealkylation sites (tertiary alicyclic amines) is 1. The SMILES string of the molecule is O=C(CN1CC2CNCC2C1)NC(=O)c1ccc[nH]1. The van der Waals surface area contributed by atoms with Crippen molar-refractivity contribution in [3.8, 4) is 0 Å². The fourth-order valence-corrected chi connectivity index (χ4v) is 2.99. The van der Waals surface area contributed by atoms with E-state index in [1.165, 1.54) is 0 Å². The zero-order valence-electron chi connectivity index (χ0n) is 10.7. The van der Waals surface area contributed by atoms with Crippen LogP contribution in [0, 0.1) is 11.8 Å². The molecule has 2 fully saturated rings. The van der Waals surface area contributed by atoms with E-state index in [1.54, 1.807) is 18.3 Å².